The van der Waals surface area contributed by atoms with Crippen molar-refractivity contribution in [1.29, 1.82) is 0 Å². The Balaban J connectivity index is 2.79. The van der Waals surface area contributed by atoms with Crippen molar-refractivity contribution in [2.45, 2.75) is 16.3 Å². The van der Waals surface area contributed by atoms with Crippen molar-refractivity contribution < 1.29 is 4.84 Å². The zero-order chi connectivity index (χ0) is 10.4. The van der Waals surface area contributed by atoms with Crippen molar-refractivity contribution in [3.05, 3.63) is 23.8 Å². The average molecular weight is 229 g/mol. The third-order valence-corrected chi connectivity index (χ3v) is 3.57. The molecule has 0 heterocycles. The van der Waals surface area contributed by atoms with E-state index in [0.717, 1.165) is 6.54 Å². The minimum atomic E-state index is 0.749. The monoisotopic (exact) mass is 229 g/mol. The van der Waals surface area contributed by atoms with Crippen LogP contribution in [0.25, 0.3) is 0 Å². The second-order valence-electron chi connectivity index (χ2n) is 2.71. The number of hydrogen-bond acceptors (Lipinski definition) is 4. The minimum absolute atomic E-state index is 0.749. The maximum atomic E-state index is 4.81. The molecular formula is C10H15NOS2. The van der Waals surface area contributed by atoms with E-state index in [1.54, 1.807) is 30.6 Å². The first kappa shape index (κ1) is 11.9. The molecule has 0 atom stereocenters. The third-order valence-electron chi connectivity index (χ3n) is 1.87. The molecule has 4 heteroatoms. The molecule has 1 aromatic carbocycles. The van der Waals surface area contributed by atoms with Crippen LogP contribution in [-0.2, 0) is 11.4 Å². The minimum Gasteiger partial charge on any atom is -0.305 e. The van der Waals surface area contributed by atoms with Crippen molar-refractivity contribution >= 4 is 23.5 Å². The summed E-state index contributed by atoms with van der Waals surface area (Å²) in [6.45, 7) is 0.749. The SMILES string of the molecule is CONCc1ccc(SC)c(SC)c1. The molecule has 2 nitrogen and oxygen atoms in total. The van der Waals surface area contributed by atoms with E-state index in [0.29, 0.717) is 0 Å². The Morgan fingerprint density at radius 1 is 1.21 bits per heavy atom. The summed E-state index contributed by atoms with van der Waals surface area (Å²) in [5.41, 5.74) is 4.08. The molecule has 14 heavy (non-hydrogen) atoms. The molecule has 1 rings (SSSR count). The highest BCUT2D eigenvalue weighted by atomic mass is 32.2. The summed E-state index contributed by atoms with van der Waals surface area (Å²) >= 11 is 3.56. The summed E-state index contributed by atoms with van der Waals surface area (Å²) in [5.74, 6) is 0. The predicted molar refractivity (Wildman–Crippen MR) is 63.9 cm³/mol. The van der Waals surface area contributed by atoms with E-state index in [1.165, 1.54) is 15.4 Å². The lowest BCUT2D eigenvalue weighted by Gasteiger charge is -2.07. The second kappa shape index (κ2) is 6.35. The fraction of sp³-hybridized carbons (Fsp3) is 0.400. The van der Waals surface area contributed by atoms with Crippen LogP contribution in [0, 0.1) is 0 Å². The molecule has 0 bridgehead atoms. The number of thioether (sulfide) groups is 2. The van der Waals surface area contributed by atoms with Gasteiger partial charge in [0.15, 0.2) is 0 Å². The van der Waals surface area contributed by atoms with Crippen LogP contribution in [0.3, 0.4) is 0 Å². The van der Waals surface area contributed by atoms with Crippen molar-refractivity contribution in [2.75, 3.05) is 19.6 Å². The molecule has 78 valence electrons. The van der Waals surface area contributed by atoms with Gasteiger partial charge in [-0.2, -0.15) is 5.48 Å². The fourth-order valence-corrected chi connectivity index (χ4v) is 2.65. The van der Waals surface area contributed by atoms with Gasteiger partial charge in [-0.1, -0.05) is 6.07 Å². The maximum Gasteiger partial charge on any atom is 0.0572 e. The van der Waals surface area contributed by atoms with Gasteiger partial charge in [-0.05, 0) is 30.2 Å². The van der Waals surface area contributed by atoms with Gasteiger partial charge in [-0.3, -0.25) is 0 Å². The van der Waals surface area contributed by atoms with E-state index in [2.05, 4.69) is 36.2 Å². The first-order valence-corrected chi connectivity index (χ1v) is 6.73. The van der Waals surface area contributed by atoms with Gasteiger partial charge in [0, 0.05) is 16.3 Å². The van der Waals surface area contributed by atoms with Crippen LogP contribution in [-0.4, -0.2) is 19.6 Å². The molecule has 1 aromatic rings. The molecule has 0 saturated heterocycles. The highest BCUT2D eigenvalue weighted by molar-refractivity contribution is 8.01. The van der Waals surface area contributed by atoms with E-state index in [-0.39, 0.29) is 0 Å². The number of nitrogens with one attached hydrogen (secondary N) is 1. The van der Waals surface area contributed by atoms with Crippen LogP contribution in [0.4, 0.5) is 0 Å². The average Bonchev–Trinajstić information content (AvgIpc) is 2.25. The van der Waals surface area contributed by atoms with E-state index in [1.807, 2.05) is 0 Å². The zero-order valence-corrected chi connectivity index (χ0v) is 10.3. The van der Waals surface area contributed by atoms with Gasteiger partial charge >= 0.3 is 0 Å². The lowest BCUT2D eigenvalue weighted by atomic mass is 10.2. The molecule has 0 spiro atoms. The fourth-order valence-electron chi connectivity index (χ4n) is 1.15. The summed E-state index contributed by atoms with van der Waals surface area (Å²) in [6, 6.07) is 6.48. The Morgan fingerprint density at radius 2 is 1.93 bits per heavy atom. The van der Waals surface area contributed by atoms with Crippen LogP contribution < -0.4 is 5.48 Å². The smallest absolute Gasteiger partial charge is 0.0572 e. The molecular weight excluding hydrogens is 214 g/mol. The molecule has 0 fully saturated rings. The van der Waals surface area contributed by atoms with Gasteiger partial charge in [-0.25, -0.2) is 0 Å². The van der Waals surface area contributed by atoms with Gasteiger partial charge in [0.2, 0.25) is 0 Å². The first-order valence-electron chi connectivity index (χ1n) is 4.28. The van der Waals surface area contributed by atoms with Crippen LogP contribution in [0.5, 0.6) is 0 Å². The maximum absolute atomic E-state index is 4.81. The molecule has 0 unspecified atom stereocenters. The van der Waals surface area contributed by atoms with E-state index < -0.39 is 0 Å². The van der Waals surface area contributed by atoms with Gasteiger partial charge < -0.3 is 4.84 Å². The van der Waals surface area contributed by atoms with Crippen molar-refractivity contribution in [1.82, 2.24) is 5.48 Å². The molecule has 0 aliphatic carbocycles. The van der Waals surface area contributed by atoms with Crippen LogP contribution >= 0.6 is 23.5 Å². The van der Waals surface area contributed by atoms with E-state index >= 15 is 0 Å². The normalized spacial score (nSPS) is 10.5. The Hall–Kier alpha value is -0.160. The molecule has 0 radical (unpaired) electrons. The Labute approximate surface area is 93.8 Å². The lowest BCUT2D eigenvalue weighted by molar-refractivity contribution is 0.0866. The molecule has 0 saturated carbocycles. The van der Waals surface area contributed by atoms with Crippen molar-refractivity contribution in [3.63, 3.8) is 0 Å². The zero-order valence-electron chi connectivity index (χ0n) is 8.66. The van der Waals surface area contributed by atoms with Crippen molar-refractivity contribution in [2.24, 2.45) is 0 Å². The summed E-state index contributed by atoms with van der Waals surface area (Å²) < 4.78 is 0. The lowest BCUT2D eigenvalue weighted by Crippen LogP contribution is -2.10. The number of hydrogen-bond donors (Lipinski definition) is 1. The summed E-state index contributed by atoms with van der Waals surface area (Å²) in [6.07, 6.45) is 4.20. The number of benzene rings is 1. The second-order valence-corrected chi connectivity index (χ2v) is 4.41. The number of rotatable bonds is 5. The highest BCUT2D eigenvalue weighted by Crippen LogP contribution is 2.28. The number of hydroxylamine groups is 1. The Kier molecular flexibility index (Phi) is 5.40. The quantitative estimate of drug-likeness (QED) is 0.619. The van der Waals surface area contributed by atoms with Gasteiger partial charge in [0.05, 0.1) is 7.11 Å². The van der Waals surface area contributed by atoms with Crippen LogP contribution in [0.2, 0.25) is 0 Å². The van der Waals surface area contributed by atoms with Gasteiger partial charge in [-0.15, -0.1) is 23.5 Å². The molecule has 0 aromatic heterocycles. The summed E-state index contributed by atoms with van der Waals surface area (Å²) in [7, 11) is 1.63. The Morgan fingerprint density at radius 3 is 2.50 bits per heavy atom. The molecule has 0 amide bonds. The van der Waals surface area contributed by atoms with E-state index in [4.69, 9.17) is 4.84 Å². The van der Waals surface area contributed by atoms with Gasteiger partial charge in [0.25, 0.3) is 0 Å². The third kappa shape index (κ3) is 3.20. The standard InChI is InChI=1S/C10H15NOS2/c1-12-11-7-8-4-5-9(13-2)10(6-8)14-3/h4-6,11H,7H2,1-3H3. The highest BCUT2D eigenvalue weighted by Gasteiger charge is 2.01. The van der Waals surface area contributed by atoms with Gasteiger partial charge in [0.1, 0.15) is 0 Å². The summed E-state index contributed by atoms with van der Waals surface area (Å²) in [4.78, 5) is 7.47. The Bertz CT molecular complexity index is 291. The largest absolute Gasteiger partial charge is 0.305 e. The van der Waals surface area contributed by atoms with Crippen LogP contribution in [0.15, 0.2) is 28.0 Å². The topological polar surface area (TPSA) is 21.3 Å². The first-order chi connectivity index (χ1) is 6.81. The predicted octanol–water partition coefficient (Wildman–Crippen LogP) is 2.78. The summed E-state index contributed by atoms with van der Waals surface area (Å²) in [5, 5.41) is 0. The molecule has 0 aliphatic heterocycles. The van der Waals surface area contributed by atoms with Crippen LogP contribution in [0.1, 0.15) is 5.56 Å². The van der Waals surface area contributed by atoms with Crippen molar-refractivity contribution in [3.8, 4) is 0 Å². The molecule has 0 aliphatic rings. The molecule has 1 N–H and O–H groups in total. The van der Waals surface area contributed by atoms with E-state index in [9.17, 15) is 0 Å².